The molecule has 3 aliphatic carbocycles. The van der Waals surface area contributed by atoms with E-state index in [9.17, 15) is 27.1 Å². The third kappa shape index (κ3) is 2.87. The van der Waals surface area contributed by atoms with Crippen LogP contribution < -0.4 is 0 Å². The van der Waals surface area contributed by atoms with Crippen LogP contribution in [0.25, 0.3) is 0 Å². The number of rotatable bonds is 4. The fourth-order valence-electron chi connectivity index (χ4n) is 4.91. The lowest BCUT2D eigenvalue weighted by Gasteiger charge is -2.56. The molecule has 0 amide bonds. The Bertz CT molecular complexity index is 597. The zero-order chi connectivity index (χ0) is 17.0. The summed E-state index contributed by atoms with van der Waals surface area (Å²) >= 11 is 0. The number of carbonyl (C=O) groups excluding carboxylic acids is 1. The summed E-state index contributed by atoms with van der Waals surface area (Å²) in [5, 5.41) is 5.33. The van der Waals surface area contributed by atoms with Crippen molar-refractivity contribution in [2.24, 2.45) is 23.2 Å². The van der Waals surface area contributed by atoms with Gasteiger partial charge in [-0.05, 0) is 49.9 Å². The summed E-state index contributed by atoms with van der Waals surface area (Å²) in [5.74, 6) is -1.32. The van der Waals surface area contributed by atoms with Crippen LogP contribution in [0, 0.1) is 23.2 Å². The monoisotopic (exact) mass is 354 g/mol. The molecule has 0 aliphatic heterocycles. The van der Waals surface area contributed by atoms with Gasteiger partial charge in [-0.15, -0.1) is 0 Å². The third-order valence-corrected chi connectivity index (χ3v) is 6.59. The van der Waals surface area contributed by atoms with Crippen LogP contribution in [0.2, 0.25) is 0 Å². The molecule has 2 N–H and O–H groups in total. The molecular formula is C14H20F2O6S. The molecule has 5 atom stereocenters. The summed E-state index contributed by atoms with van der Waals surface area (Å²) in [4.78, 5) is 11.4. The van der Waals surface area contributed by atoms with Crippen molar-refractivity contribution in [1.29, 1.82) is 0 Å². The summed E-state index contributed by atoms with van der Waals surface area (Å²) < 4.78 is 60.7. The van der Waals surface area contributed by atoms with E-state index in [2.05, 4.69) is 4.74 Å². The average molecular weight is 354 g/mol. The Balaban J connectivity index is 1.72. The van der Waals surface area contributed by atoms with Crippen molar-refractivity contribution in [2.75, 3.05) is 6.61 Å². The number of esters is 1. The zero-order valence-corrected chi connectivity index (χ0v) is 13.3. The van der Waals surface area contributed by atoms with Crippen LogP contribution in [0.4, 0.5) is 8.78 Å². The molecule has 0 aromatic rings. The maximum atomic E-state index is 13.3. The second-order valence-corrected chi connectivity index (χ2v) is 8.81. The Labute approximate surface area is 132 Å². The summed E-state index contributed by atoms with van der Waals surface area (Å²) in [6.07, 6.45) is 4.13. The van der Waals surface area contributed by atoms with E-state index in [0.29, 0.717) is 31.1 Å². The van der Waals surface area contributed by atoms with Gasteiger partial charge in [-0.25, -0.2) is 4.79 Å². The molecule has 0 aromatic carbocycles. The standard InChI is InChI=1S/C14H20F2O6S/c15-14(16,23(19,20)21)12(18)22-7-13-4-8-1-2-10(11(17)6-13)9(3-8)5-13/h8-11,17H,1-7H2,(H,19,20,21). The average Bonchev–Trinajstić information content (AvgIpc) is 2.42. The van der Waals surface area contributed by atoms with Crippen LogP contribution in [0.1, 0.15) is 38.5 Å². The maximum Gasteiger partial charge on any atom is 0.465 e. The van der Waals surface area contributed by atoms with E-state index in [-0.39, 0.29) is 12.5 Å². The van der Waals surface area contributed by atoms with E-state index in [1.54, 1.807) is 0 Å². The Kier molecular flexibility index (Phi) is 3.97. The summed E-state index contributed by atoms with van der Waals surface area (Å²) in [7, 11) is -5.85. The second-order valence-electron chi connectivity index (χ2n) is 7.35. The van der Waals surface area contributed by atoms with Crippen molar-refractivity contribution in [3.8, 4) is 0 Å². The molecule has 3 bridgehead atoms. The van der Waals surface area contributed by atoms with Gasteiger partial charge in [0.25, 0.3) is 0 Å². The number of halogens is 2. The van der Waals surface area contributed by atoms with Crippen LogP contribution in [0.15, 0.2) is 0 Å². The van der Waals surface area contributed by atoms with Crippen molar-refractivity contribution in [2.45, 2.75) is 49.9 Å². The molecule has 0 saturated heterocycles. The highest BCUT2D eigenvalue weighted by molar-refractivity contribution is 7.87. The van der Waals surface area contributed by atoms with Gasteiger partial charge in [-0.2, -0.15) is 17.2 Å². The van der Waals surface area contributed by atoms with Gasteiger partial charge in [0.05, 0.1) is 12.7 Å². The number of alkyl halides is 2. The molecule has 3 aliphatic rings. The predicted molar refractivity (Wildman–Crippen MR) is 74.1 cm³/mol. The normalized spacial score (nSPS) is 40.0. The van der Waals surface area contributed by atoms with Crippen LogP contribution in [-0.4, -0.2) is 42.0 Å². The molecule has 6 nitrogen and oxygen atoms in total. The van der Waals surface area contributed by atoms with E-state index in [0.717, 1.165) is 19.3 Å². The van der Waals surface area contributed by atoms with Crippen molar-refractivity contribution >= 4 is 16.1 Å². The van der Waals surface area contributed by atoms with Gasteiger partial charge in [-0.1, -0.05) is 6.42 Å². The third-order valence-electron chi connectivity index (χ3n) is 5.77. The first-order chi connectivity index (χ1) is 10.5. The van der Waals surface area contributed by atoms with Crippen LogP contribution >= 0.6 is 0 Å². The highest BCUT2D eigenvalue weighted by atomic mass is 32.2. The first-order valence-electron chi connectivity index (χ1n) is 7.74. The lowest BCUT2D eigenvalue weighted by Crippen LogP contribution is -2.53. The van der Waals surface area contributed by atoms with Gasteiger partial charge in [0, 0.05) is 5.41 Å². The minimum absolute atomic E-state index is 0.217. The fraction of sp³-hybridized carbons (Fsp3) is 0.929. The van der Waals surface area contributed by atoms with E-state index >= 15 is 0 Å². The number of carbonyl (C=O) groups is 1. The fourth-order valence-corrected chi connectivity index (χ4v) is 5.18. The van der Waals surface area contributed by atoms with Crippen LogP contribution in [0.5, 0.6) is 0 Å². The smallest absolute Gasteiger partial charge is 0.460 e. The number of aliphatic hydroxyl groups excluding tert-OH is 1. The van der Waals surface area contributed by atoms with Crippen molar-refractivity contribution < 1.29 is 36.4 Å². The molecule has 3 rings (SSSR count). The molecule has 0 heterocycles. The van der Waals surface area contributed by atoms with E-state index in [1.807, 2.05) is 0 Å². The highest BCUT2D eigenvalue weighted by Crippen LogP contribution is 2.58. The highest BCUT2D eigenvalue weighted by Gasteiger charge is 2.57. The molecule has 9 heteroatoms. The number of hydrogen-bond acceptors (Lipinski definition) is 5. The van der Waals surface area contributed by atoms with Crippen molar-refractivity contribution in [1.82, 2.24) is 0 Å². The number of aliphatic hydroxyl groups is 1. The van der Waals surface area contributed by atoms with Gasteiger partial charge in [0.15, 0.2) is 0 Å². The minimum atomic E-state index is -5.85. The molecule has 0 radical (unpaired) electrons. The first kappa shape index (κ1) is 17.0. The van der Waals surface area contributed by atoms with Crippen LogP contribution in [0.3, 0.4) is 0 Å². The van der Waals surface area contributed by atoms with E-state index < -0.39 is 32.9 Å². The molecule has 23 heavy (non-hydrogen) atoms. The number of ether oxygens (including phenoxy) is 1. The molecule has 132 valence electrons. The van der Waals surface area contributed by atoms with Gasteiger partial charge in [-0.3, -0.25) is 4.55 Å². The van der Waals surface area contributed by atoms with Gasteiger partial charge in [0.1, 0.15) is 0 Å². The van der Waals surface area contributed by atoms with E-state index in [4.69, 9.17) is 4.55 Å². The first-order valence-corrected chi connectivity index (χ1v) is 9.18. The second kappa shape index (κ2) is 5.35. The molecule has 0 aromatic heterocycles. The summed E-state index contributed by atoms with van der Waals surface area (Å²) in [6.45, 7) is -0.353. The van der Waals surface area contributed by atoms with Gasteiger partial charge < -0.3 is 9.84 Å². The Hall–Kier alpha value is -0.800. The van der Waals surface area contributed by atoms with E-state index in [1.165, 1.54) is 0 Å². The number of hydrogen-bond donors (Lipinski definition) is 2. The lowest BCUT2D eigenvalue weighted by atomic mass is 9.51. The lowest BCUT2D eigenvalue weighted by molar-refractivity contribution is -0.175. The summed E-state index contributed by atoms with van der Waals surface area (Å²) in [5.41, 5.74) is -0.575. The largest absolute Gasteiger partial charge is 0.465 e. The van der Waals surface area contributed by atoms with Gasteiger partial charge in [0.2, 0.25) is 0 Å². The SMILES string of the molecule is O=C(OCC12CC3CCC(C(O)C1)C(C3)C2)C(F)(F)S(=O)(=O)O. The molecule has 5 unspecified atom stereocenters. The summed E-state index contributed by atoms with van der Waals surface area (Å²) in [6, 6.07) is 0. The zero-order valence-electron chi connectivity index (χ0n) is 12.5. The number of fused-ring (bicyclic) bond motifs is 2. The quantitative estimate of drug-likeness (QED) is 0.587. The molecular weight excluding hydrogens is 334 g/mol. The predicted octanol–water partition coefficient (Wildman–Crippen LogP) is 1.59. The van der Waals surface area contributed by atoms with Crippen molar-refractivity contribution in [3.05, 3.63) is 0 Å². The van der Waals surface area contributed by atoms with Gasteiger partial charge >= 0.3 is 21.3 Å². The molecule has 3 saturated carbocycles. The van der Waals surface area contributed by atoms with Crippen LogP contribution in [-0.2, 0) is 19.6 Å². The topological polar surface area (TPSA) is 101 Å². The van der Waals surface area contributed by atoms with Crippen molar-refractivity contribution in [3.63, 3.8) is 0 Å². The maximum absolute atomic E-state index is 13.3. The minimum Gasteiger partial charge on any atom is -0.460 e. The molecule has 3 fully saturated rings. The Morgan fingerprint density at radius 3 is 2.61 bits per heavy atom. The molecule has 0 spiro atoms. The Morgan fingerprint density at radius 2 is 1.96 bits per heavy atom. The Morgan fingerprint density at radius 1 is 1.26 bits per heavy atom.